The average molecular weight is 461 g/mol. The molecular formula is C31H37FO2. The predicted molar refractivity (Wildman–Crippen MR) is 140 cm³/mol. The van der Waals surface area contributed by atoms with Crippen molar-refractivity contribution < 1.29 is 13.9 Å². The van der Waals surface area contributed by atoms with Crippen LogP contribution in [0, 0.1) is 0 Å². The second-order valence-electron chi connectivity index (χ2n) is 9.27. The molecule has 34 heavy (non-hydrogen) atoms. The third kappa shape index (κ3) is 7.03. The quantitative estimate of drug-likeness (QED) is 0.153. The molecule has 3 aromatic carbocycles. The number of hydrogen-bond acceptors (Lipinski definition) is 2. The SMILES string of the molecule is CCCCCCCc1ccc(-c2ccccc2-c2ccc(OC(=O)C(C)(F)CCC)cc2)cc1. The van der Waals surface area contributed by atoms with E-state index in [1.54, 1.807) is 12.1 Å². The van der Waals surface area contributed by atoms with Crippen LogP contribution < -0.4 is 4.74 Å². The van der Waals surface area contributed by atoms with Crippen molar-refractivity contribution in [1.29, 1.82) is 0 Å². The van der Waals surface area contributed by atoms with Crippen molar-refractivity contribution in [2.45, 2.75) is 77.8 Å². The lowest BCUT2D eigenvalue weighted by Crippen LogP contribution is -2.34. The zero-order valence-electron chi connectivity index (χ0n) is 20.8. The van der Waals surface area contributed by atoms with E-state index < -0.39 is 11.6 Å². The van der Waals surface area contributed by atoms with Crippen LogP contribution in [0.15, 0.2) is 72.8 Å². The third-order valence-corrected chi connectivity index (χ3v) is 6.28. The summed E-state index contributed by atoms with van der Waals surface area (Å²) in [6.45, 7) is 5.37. The van der Waals surface area contributed by atoms with Crippen molar-refractivity contribution in [2.24, 2.45) is 0 Å². The van der Waals surface area contributed by atoms with Gasteiger partial charge >= 0.3 is 5.97 Å². The monoisotopic (exact) mass is 460 g/mol. The molecule has 2 nitrogen and oxygen atoms in total. The summed E-state index contributed by atoms with van der Waals surface area (Å²) in [4.78, 5) is 12.2. The van der Waals surface area contributed by atoms with Gasteiger partial charge in [-0.05, 0) is 66.1 Å². The average Bonchev–Trinajstić information content (AvgIpc) is 2.85. The van der Waals surface area contributed by atoms with Gasteiger partial charge in [0.05, 0.1) is 0 Å². The molecule has 0 fully saturated rings. The predicted octanol–water partition coefficient (Wildman–Crippen LogP) is 8.97. The van der Waals surface area contributed by atoms with Crippen LogP contribution in [0.25, 0.3) is 22.3 Å². The third-order valence-electron chi connectivity index (χ3n) is 6.28. The molecule has 0 saturated heterocycles. The van der Waals surface area contributed by atoms with Crippen LogP contribution in [-0.4, -0.2) is 11.6 Å². The van der Waals surface area contributed by atoms with E-state index in [1.807, 2.05) is 31.2 Å². The van der Waals surface area contributed by atoms with Gasteiger partial charge < -0.3 is 4.74 Å². The van der Waals surface area contributed by atoms with Crippen molar-refractivity contribution in [3.05, 3.63) is 78.4 Å². The molecule has 3 aromatic rings. The van der Waals surface area contributed by atoms with Gasteiger partial charge in [-0.3, -0.25) is 0 Å². The maximum absolute atomic E-state index is 14.4. The summed E-state index contributed by atoms with van der Waals surface area (Å²) in [6.07, 6.45) is 8.32. The molecule has 0 radical (unpaired) electrons. The van der Waals surface area contributed by atoms with Gasteiger partial charge in [-0.25, -0.2) is 9.18 Å². The molecule has 0 heterocycles. The molecule has 0 saturated carbocycles. The minimum Gasteiger partial charge on any atom is -0.424 e. The Labute approximate surface area is 204 Å². The molecule has 0 aliphatic rings. The highest BCUT2D eigenvalue weighted by atomic mass is 19.1. The second-order valence-corrected chi connectivity index (χ2v) is 9.27. The molecular weight excluding hydrogens is 423 g/mol. The molecule has 0 aliphatic carbocycles. The highest BCUT2D eigenvalue weighted by Crippen LogP contribution is 2.33. The number of ether oxygens (including phenoxy) is 1. The molecule has 3 heteroatoms. The number of hydrogen-bond donors (Lipinski definition) is 0. The van der Waals surface area contributed by atoms with Crippen LogP contribution in [0.1, 0.15) is 71.3 Å². The van der Waals surface area contributed by atoms with Crippen LogP contribution in [0.5, 0.6) is 5.75 Å². The Bertz CT molecular complexity index is 1040. The van der Waals surface area contributed by atoms with Crippen molar-refractivity contribution in [3.8, 4) is 28.0 Å². The Hall–Kier alpha value is -2.94. The van der Waals surface area contributed by atoms with Crippen molar-refractivity contribution in [2.75, 3.05) is 0 Å². The number of unbranched alkanes of at least 4 members (excludes halogenated alkanes) is 4. The standard InChI is InChI=1S/C31H37FO2/c1-4-6-7-8-9-12-24-15-17-25(18-16-24)28-13-10-11-14-29(28)26-19-21-27(22-20-26)34-30(33)31(3,32)23-5-2/h10-11,13-22H,4-9,12,23H2,1-3H3. The smallest absolute Gasteiger partial charge is 0.348 e. The maximum atomic E-state index is 14.4. The normalized spacial score (nSPS) is 12.8. The number of carbonyl (C=O) groups is 1. The van der Waals surface area contributed by atoms with E-state index in [2.05, 4.69) is 43.3 Å². The fourth-order valence-electron chi connectivity index (χ4n) is 4.26. The van der Waals surface area contributed by atoms with Gasteiger partial charge in [-0.1, -0.05) is 107 Å². The summed E-state index contributed by atoms with van der Waals surface area (Å²) in [5.41, 5.74) is 3.87. The largest absolute Gasteiger partial charge is 0.424 e. The van der Waals surface area contributed by atoms with Crippen LogP contribution in [0.4, 0.5) is 4.39 Å². The summed E-state index contributed by atoms with van der Waals surface area (Å²) >= 11 is 0. The van der Waals surface area contributed by atoms with E-state index >= 15 is 0 Å². The zero-order chi connectivity index (χ0) is 24.4. The van der Waals surface area contributed by atoms with Crippen LogP contribution >= 0.6 is 0 Å². The summed E-state index contributed by atoms with van der Waals surface area (Å²) in [6, 6.07) is 24.5. The van der Waals surface area contributed by atoms with E-state index in [0.29, 0.717) is 12.2 Å². The first-order valence-electron chi connectivity index (χ1n) is 12.6. The number of alkyl halides is 1. The van der Waals surface area contributed by atoms with Crippen LogP contribution in [0.2, 0.25) is 0 Å². The number of halogens is 1. The summed E-state index contributed by atoms with van der Waals surface area (Å²) in [5, 5.41) is 0. The lowest BCUT2D eigenvalue weighted by atomic mass is 9.93. The van der Waals surface area contributed by atoms with Gasteiger partial charge in [0.1, 0.15) is 5.75 Å². The van der Waals surface area contributed by atoms with Crippen molar-refractivity contribution >= 4 is 5.97 Å². The van der Waals surface area contributed by atoms with Gasteiger partial charge in [0.15, 0.2) is 0 Å². The second kappa shape index (κ2) is 12.5. The highest BCUT2D eigenvalue weighted by Gasteiger charge is 2.34. The number of esters is 1. The number of aryl methyl sites for hydroxylation is 1. The van der Waals surface area contributed by atoms with Crippen molar-refractivity contribution in [1.82, 2.24) is 0 Å². The lowest BCUT2D eigenvalue weighted by molar-refractivity contribution is -0.147. The fraction of sp³-hybridized carbons (Fsp3) is 0.387. The Morgan fingerprint density at radius 1 is 0.765 bits per heavy atom. The molecule has 1 atom stereocenters. The van der Waals surface area contributed by atoms with Gasteiger partial charge in [-0.2, -0.15) is 0 Å². The first kappa shape index (κ1) is 25.7. The molecule has 180 valence electrons. The maximum Gasteiger partial charge on any atom is 0.348 e. The van der Waals surface area contributed by atoms with E-state index in [0.717, 1.165) is 23.1 Å². The van der Waals surface area contributed by atoms with E-state index in [1.165, 1.54) is 50.2 Å². The minimum atomic E-state index is -1.97. The molecule has 0 bridgehead atoms. The van der Waals surface area contributed by atoms with Crippen LogP contribution in [0.3, 0.4) is 0 Å². The first-order valence-corrected chi connectivity index (χ1v) is 12.6. The van der Waals surface area contributed by atoms with E-state index in [9.17, 15) is 9.18 Å². The van der Waals surface area contributed by atoms with Gasteiger partial charge in [0, 0.05) is 0 Å². The molecule has 3 rings (SSSR count). The molecule has 0 aromatic heterocycles. The summed E-state index contributed by atoms with van der Waals surface area (Å²) < 4.78 is 19.7. The summed E-state index contributed by atoms with van der Waals surface area (Å²) in [7, 11) is 0. The molecule has 0 N–H and O–H groups in total. The first-order chi connectivity index (χ1) is 16.4. The van der Waals surface area contributed by atoms with E-state index in [4.69, 9.17) is 4.74 Å². The zero-order valence-corrected chi connectivity index (χ0v) is 20.8. The van der Waals surface area contributed by atoms with Gasteiger partial charge in [0.2, 0.25) is 5.67 Å². The number of rotatable bonds is 12. The number of benzene rings is 3. The van der Waals surface area contributed by atoms with Gasteiger partial charge in [0.25, 0.3) is 0 Å². The topological polar surface area (TPSA) is 26.3 Å². The van der Waals surface area contributed by atoms with E-state index in [-0.39, 0.29) is 6.42 Å². The Morgan fingerprint density at radius 2 is 1.32 bits per heavy atom. The van der Waals surface area contributed by atoms with Crippen LogP contribution in [-0.2, 0) is 11.2 Å². The molecule has 1 unspecified atom stereocenters. The van der Waals surface area contributed by atoms with Crippen molar-refractivity contribution in [3.63, 3.8) is 0 Å². The Kier molecular flexibility index (Phi) is 9.44. The molecule has 0 spiro atoms. The Balaban J connectivity index is 1.71. The lowest BCUT2D eigenvalue weighted by Gasteiger charge is -2.17. The number of carbonyl (C=O) groups excluding carboxylic acids is 1. The minimum absolute atomic E-state index is 0.148. The highest BCUT2D eigenvalue weighted by molar-refractivity contribution is 5.84. The summed E-state index contributed by atoms with van der Waals surface area (Å²) in [5.74, 6) is -0.484. The fourth-order valence-corrected chi connectivity index (χ4v) is 4.26. The van der Waals surface area contributed by atoms with Gasteiger partial charge in [-0.15, -0.1) is 0 Å². The molecule has 0 amide bonds. The molecule has 0 aliphatic heterocycles. The Morgan fingerprint density at radius 3 is 1.88 bits per heavy atom.